The lowest BCUT2D eigenvalue weighted by atomic mass is 9.32. The predicted octanol–water partition coefficient (Wildman–Crippen LogP) is 11.9. The Morgan fingerprint density at radius 1 is 0.424 bits per heavy atom. The molecule has 2 nitrogen and oxygen atoms in total. The van der Waals surface area contributed by atoms with Crippen LogP contribution in [0.3, 0.4) is 0 Å². The molecule has 8 aliphatic rings. The Balaban J connectivity index is 1.08. The molecule has 7 aromatic rings. The number of anilines is 6. The largest absolute Gasteiger partial charge is 0.311 e. The van der Waals surface area contributed by atoms with E-state index in [2.05, 4.69) is 161 Å². The minimum absolute atomic E-state index is 0.0520. The van der Waals surface area contributed by atoms with E-state index in [0.717, 1.165) is 17.8 Å². The van der Waals surface area contributed by atoms with Crippen LogP contribution in [0.25, 0.3) is 22.3 Å². The minimum Gasteiger partial charge on any atom is -0.311 e. The van der Waals surface area contributed by atoms with E-state index in [1.165, 1.54) is 124 Å². The number of fused-ring (bicyclic) bond motifs is 21. The number of hydrogen-bond donors (Lipinski definition) is 0. The number of rotatable bonds is 2. The normalized spacial score (nSPS) is 27.5. The summed E-state index contributed by atoms with van der Waals surface area (Å²) in [5, 5.41) is 0. The average molecular weight is 757 g/mol. The zero-order valence-corrected chi connectivity index (χ0v) is 33.4. The third-order valence-electron chi connectivity index (χ3n) is 17.4. The van der Waals surface area contributed by atoms with Gasteiger partial charge in [-0.1, -0.05) is 122 Å². The van der Waals surface area contributed by atoms with E-state index in [1.54, 1.807) is 22.3 Å². The van der Waals surface area contributed by atoms with Crippen molar-refractivity contribution in [3.63, 3.8) is 0 Å². The van der Waals surface area contributed by atoms with Gasteiger partial charge in [-0.25, -0.2) is 0 Å². The van der Waals surface area contributed by atoms with E-state index in [1.807, 2.05) is 0 Å². The lowest BCUT2D eigenvalue weighted by Crippen LogP contribution is -2.62. The van der Waals surface area contributed by atoms with Crippen molar-refractivity contribution in [2.24, 2.45) is 23.7 Å². The topological polar surface area (TPSA) is 6.48 Å². The van der Waals surface area contributed by atoms with Gasteiger partial charge in [0.15, 0.2) is 0 Å². The van der Waals surface area contributed by atoms with Crippen LogP contribution in [-0.4, -0.2) is 6.71 Å². The molecular weight excluding hydrogens is 711 g/mol. The highest BCUT2D eigenvalue weighted by molar-refractivity contribution is 7.01. The first-order chi connectivity index (χ1) is 29.2. The van der Waals surface area contributed by atoms with E-state index >= 15 is 0 Å². The average Bonchev–Trinajstić information content (AvgIpc) is 4.17. The van der Waals surface area contributed by atoms with Crippen LogP contribution < -0.4 is 26.2 Å². The zero-order valence-electron chi connectivity index (χ0n) is 33.4. The molecular formula is C56H45BN2. The SMILES string of the molecule is c1ccc(N2c3ccccc3B3c4c2cccc4N(c2cccc4c2[C@@]2(CC5CCC2C5)c2ccccc2-4)c2ccc4c(c23)-c2ccccc2[C@@]42CC3CCC2C3)cc1. The van der Waals surface area contributed by atoms with Crippen molar-refractivity contribution in [1.82, 2.24) is 0 Å². The highest BCUT2D eigenvalue weighted by atomic mass is 15.2. The lowest BCUT2D eigenvalue weighted by molar-refractivity contribution is 0.327. The van der Waals surface area contributed by atoms with Crippen molar-refractivity contribution in [1.29, 1.82) is 0 Å². The third kappa shape index (κ3) is 3.71. The molecule has 0 saturated heterocycles. The summed E-state index contributed by atoms with van der Waals surface area (Å²) in [6.07, 6.45) is 10.8. The first kappa shape index (κ1) is 32.1. The lowest BCUT2D eigenvalue weighted by Gasteiger charge is -2.46. The Morgan fingerprint density at radius 2 is 1.02 bits per heavy atom. The van der Waals surface area contributed by atoms with Crippen LogP contribution in [0.15, 0.2) is 152 Å². The van der Waals surface area contributed by atoms with E-state index in [-0.39, 0.29) is 17.5 Å². The maximum atomic E-state index is 2.79. The molecule has 7 aromatic carbocycles. The van der Waals surface area contributed by atoms with Gasteiger partial charge in [0.2, 0.25) is 0 Å². The standard InChI is InChI=1S/C56H45BN2/c1-2-12-38(13-3-1)58-46-20-9-8-19-45(46)57-53-48(58)22-11-23-49(53)59(47-21-10-16-40-39-14-4-6-17-42(39)56(52(40)47)33-35-25-27-37(56)31-35)50-29-28-44-51(54(50)57)41-15-5-7-18-43(41)55(44)32-34-24-26-36(55)30-34/h1-23,28-29,34-37H,24-27,30-33H2/t34?,35?,36?,37?,55-,56+/m0/s1. The maximum Gasteiger partial charge on any atom is 0.252 e. The summed E-state index contributed by atoms with van der Waals surface area (Å²) >= 11 is 0. The van der Waals surface area contributed by atoms with E-state index in [9.17, 15) is 0 Å². The molecule has 0 amide bonds. The van der Waals surface area contributed by atoms with Gasteiger partial charge in [0, 0.05) is 39.3 Å². The Bertz CT molecular complexity index is 2990. The molecule has 59 heavy (non-hydrogen) atoms. The third-order valence-corrected chi connectivity index (χ3v) is 17.4. The van der Waals surface area contributed by atoms with Gasteiger partial charge in [-0.15, -0.1) is 0 Å². The van der Waals surface area contributed by atoms with Crippen LogP contribution in [0.2, 0.25) is 0 Å². The van der Waals surface area contributed by atoms with Crippen molar-refractivity contribution >= 4 is 57.2 Å². The molecule has 4 bridgehead atoms. The Labute approximate surface area is 347 Å². The maximum absolute atomic E-state index is 2.79. The molecule has 6 aliphatic carbocycles. The molecule has 4 unspecified atom stereocenters. The fourth-order valence-electron chi connectivity index (χ4n) is 15.6. The van der Waals surface area contributed by atoms with Crippen LogP contribution in [0.5, 0.6) is 0 Å². The summed E-state index contributed by atoms with van der Waals surface area (Å²) in [4.78, 5) is 5.35. The number of nitrogens with zero attached hydrogens (tertiary/aromatic N) is 2. The molecule has 15 rings (SSSR count). The van der Waals surface area contributed by atoms with Crippen LogP contribution in [0, 0.1) is 23.7 Å². The highest BCUT2D eigenvalue weighted by Gasteiger charge is 2.60. The van der Waals surface area contributed by atoms with E-state index < -0.39 is 0 Å². The highest BCUT2D eigenvalue weighted by Crippen LogP contribution is 2.69. The molecule has 2 heterocycles. The van der Waals surface area contributed by atoms with E-state index in [4.69, 9.17) is 0 Å². The van der Waals surface area contributed by atoms with Gasteiger partial charge < -0.3 is 9.80 Å². The van der Waals surface area contributed by atoms with Crippen LogP contribution in [0.1, 0.15) is 73.6 Å². The fraction of sp³-hybridized carbons (Fsp3) is 0.250. The molecule has 2 spiro atoms. The van der Waals surface area contributed by atoms with Gasteiger partial charge in [0.1, 0.15) is 0 Å². The van der Waals surface area contributed by atoms with Gasteiger partial charge in [0.05, 0.1) is 5.69 Å². The van der Waals surface area contributed by atoms with Crippen LogP contribution >= 0.6 is 0 Å². The predicted molar refractivity (Wildman–Crippen MR) is 244 cm³/mol. The summed E-state index contributed by atoms with van der Waals surface area (Å²) in [7, 11) is 0. The molecule has 4 fully saturated rings. The van der Waals surface area contributed by atoms with Gasteiger partial charge >= 0.3 is 0 Å². The Hall–Kier alpha value is -5.80. The first-order valence-corrected chi connectivity index (χ1v) is 22.6. The van der Waals surface area contributed by atoms with Crippen molar-refractivity contribution in [2.75, 3.05) is 9.80 Å². The fourth-order valence-corrected chi connectivity index (χ4v) is 15.6. The minimum atomic E-state index is 0.0520. The summed E-state index contributed by atoms with van der Waals surface area (Å²) in [6, 6.07) is 59.4. The van der Waals surface area contributed by atoms with Gasteiger partial charge in [-0.3, -0.25) is 0 Å². The van der Waals surface area contributed by atoms with Crippen molar-refractivity contribution < 1.29 is 0 Å². The van der Waals surface area contributed by atoms with Crippen LogP contribution in [0.4, 0.5) is 34.1 Å². The van der Waals surface area contributed by atoms with Gasteiger partial charge in [-0.2, -0.15) is 0 Å². The number of hydrogen-bond acceptors (Lipinski definition) is 2. The van der Waals surface area contributed by atoms with E-state index in [0.29, 0.717) is 5.92 Å². The molecule has 3 heteroatoms. The summed E-state index contributed by atoms with van der Waals surface area (Å²) < 4.78 is 0. The van der Waals surface area contributed by atoms with Crippen LogP contribution in [-0.2, 0) is 10.8 Å². The molecule has 0 N–H and O–H groups in total. The quantitative estimate of drug-likeness (QED) is 0.162. The molecule has 6 atom stereocenters. The first-order valence-electron chi connectivity index (χ1n) is 22.6. The Kier molecular flexibility index (Phi) is 6.02. The Morgan fingerprint density at radius 3 is 1.78 bits per heavy atom. The molecule has 282 valence electrons. The molecule has 4 saturated carbocycles. The molecule has 0 radical (unpaired) electrons. The smallest absolute Gasteiger partial charge is 0.252 e. The van der Waals surface area contributed by atoms with Crippen molar-refractivity contribution in [2.45, 2.75) is 62.2 Å². The summed E-state index contributed by atoms with van der Waals surface area (Å²) in [6.45, 7) is 0.103. The molecule has 2 aliphatic heterocycles. The van der Waals surface area contributed by atoms with Gasteiger partial charge in [0.25, 0.3) is 6.71 Å². The summed E-state index contributed by atoms with van der Waals surface area (Å²) in [5.74, 6) is 3.04. The number of para-hydroxylation sites is 2. The second-order valence-corrected chi connectivity index (χ2v) is 19.5. The summed E-state index contributed by atoms with van der Waals surface area (Å²) in [5.41, 5.74) is 24.8. The second kappa shape index (κ2) is 11.1. The number of benzene rings is 7. The monoisotopic (exact) mass is 756 g/mol. The second-order valence-electron chi connectivity index (χ2n) is 19.5. The zero-order chi connectivity index (χ0) is 38.2. The van der Waals surface area contributed by atoms with Crippen molar-refractivity contribution in [3.8, 4) is 22.3 Å². The molecule has 0 aromatic heterocycles. The van der Waals surface area contributed by atoms with Crippen molar-refractivity contribution in [3.05, 3.63) is 174 Å². The van der Waals surface area contributed by atoms with Gasteiger partial charge in [-0.05, 0) is 166 Å².